The molecule has 0 bridgehead atoms. The van der Waals surface area contributed by atoms with Crippen LogP contribution in [0.5, 0.6) is 0 Å². The molecule has 3 amide bonds. The van der Waals surface area contributed by atoms with Gasteiger partial charge in [-0.3, -0.25) is 24.6 Å². The van der Waals surface area contributed by atoms with Gasteiger partial charge in [0.05, 0.1) is 23.7 Å². The molecule has 3 aliphatic heterocycles. The number of fused-ring (bicyclic) bond motifs is 1. The first-order valence-corrected chi connectivity index (χ1v) is 10.1. The van der Waals surface area contributed by atoms with Gasteiger partial charge in [0.15, 0.2) is 0 Å². The molecule has 0 aromatic heterocycles. The highest BCUT2D eigenvalue weighted by atomic mass is 19.1. The average Bonchev–Trinajstić information content (AvgIpc) is 2.68. The molecule has 1 aromatic rings. The Hall–Kier alpha value is -2.52. The number of likely N-dealkylation sites (tertiary alicyclic amines) is 1. The quantitative estimate of drug-likeness (QED) is 0.591. The van der Waals surface area contributed by atoms with Gasteiger partial charge in [-0.1, -0.05) is 19.1 Å². The predicted molar refractivity (Wildman–Crippen MR) is 104 cm³/mol. The second-order valence-electron chi connectivity index (χ2n) is 8.17. The Bertz CT molecular complexity index is 819. The second kappa shape index (κ2) is 8.08. The number of carbonyl (C=O) groups is 3. The summed E-state index contributed by atoms with van der Waals surface area (Å²) < 4.78 is 13.9. The molecule has 5 atom stereocenters. The van der Waals surface area contributed by atoms with Crippen molar-refractivity contribution >= 4 is 23.4 Å². The summed E-state index contributed by atoms with van der Waals surface area (Å²) in [5.41, 5.74) is 0.0318. The zero-order valence-electron chi connectivity index (χ0n) is 16.3. The van der Waals surface area contributed by atoms with E-state index in [4.69, 9.17) is 0 Å². The van der Waals surface area contributed by atoms with E-state index in [0.29, 0.717) is 5.92 Å². The maximum Gasteiger partial charge on any atom is 0.229 e. The maximum atomic E-state index is 13.9. The van der Waals surface area contributed by atoms with Crippen LogP contribution in [0.1, 0.15) is 26.2 Å². The molecule has 0 saturated carbocycles. The lowest BCUT2D eigenvalue weighted by molar-refractivity contribution is -0.148. The average molecular weight is 403 g/mol. The third kappa shape index (κ3) is 4.11. The highest BCUT2D eigenvalue weighted by Crippen LogP contribution is 2.29. The van der Waals surface area contributed by atoms with Crippen molar-refractivity contribution < 1.29 is 18.8 Å². The summed E-state index contributed by atoms with van der Waals surface area (Å²) in [6.07, 6.45) is 1.03. The van der Waals surface area contributed by atoms with Gasteiger partial charge in [-0.25, -0.2) is 4.39 Å². The lowest BCUT2D eigenvalue weighted by Gasteiger charge is -2.47. The monoisotopic (exact) mass is 403 g/mol. The van der Waals surface area contributed by atoms with Gasteiger partial charge < -0.3 is 16.0 Å². The molecular weight excluding hydrogens is 377 g/mol. The minimum atomic E-state index is -0.887. The van der Waals surface area contributed by atoms with Crippen molar-refractivity contribution in [2.45, 2.75) is 38.6 Å². The van der Waals surface area contributed by atoms with Crippen LogP contribution in [0.3, 0.4) is 0 Å². The number of halogens is 1. The fourth-order valence-corrected chi connectivity index (χ4v) is 4.50. The number of anilines is 1. The minimum absolute atomic E-state index is 0.0318. The fraction of sp³-hybridized carbons (Fsp3) is 0.550. The molecule has 156 valence electrons. The zero-order chi connectivity index (χ0) is 20.5. The molecule has 9 heteroatoms. The number of benzene rings is 1. The van der Waals surface area contributed by atoms with E-state index in [1.165, 1.54) is 18.2 Å². The standard InChI is InChI=1S/C20H26FN5O3/c1-11-5-4-8-26(10-11)20-24-17-16(19(29)25-20)12(9-15(27)23-17)18(28)22-14-7-3-2-6-13(14)21/h2-3,6-7,11-12,16-17,20,24H,4-5,8-10H2,1H3,(H,22,28)(H,23,27)(H,25,29). The first kappa shape index (κ1) is 19.8. The predicted octanol–water partition coefficient (Wildman–Crippen LogP) is 0.578. The molecule has 3 saturated heterocycles. The zero-order valence-corrected chi connectivity index (χ0v) is 16.3. The van der Waals surface area contributed by atoms with Crippen molar-refractivity contribution in [1.82, 2.24) is 20.9 Å². The van der Waals surface area contributed by atoms with Crippen LogP contribution in [-0.4, -0.2) is 48.2 Å². The summed E-state index contributed by atoms with van der Waals surface area (Å²) in [4.78, 5) is 40.1. The maximum absolute atomic E-state index is 13.9. The van der Waals surface area contributed by atoms with Crippen LogP contribution < -0.4 is 21.3 Å². The summed E-state index contributed by atoms with van der Waals surface area (Å²) in [6, 6.07) is 5.81. The van der Waals surface area contributed by atoms with E-state index in [2.05, 4.69) is 33.1 Å². The lowest BCUT2D eigenvalue weighted by atomic mass is 9.81. The summed E-state index contributed by atoms with van der Waals surface area (Å²) in [5, 5.41) is 11.5. The topological polar surface area (TPSA) is 103 Å². The van der Waals surface area contributed by atoms with Crippen molar-refractivity contribution in [3.05, 3.63) is 30.1 Å². The minimum Gasteiger partial charge on any atom is -0.340 e. The van der Waals surface area contributed by atoms with Crippen LogP contribution in [0.15, 0.2) is 24.3 Å². The molecule has 0 aliphatic carbocycles. The van der Waals surface area contributed by atoms with Crippen LogP contribution >= 0.6 is 0 Å². The molecule has 3 fully saturated rings. The number of hydrogen-bond acceptors (Lipinski definition) is 5. The SMILES string of the molecule is CC1CCCN(C2NC(=O)C3C(NC(=O)CC3C(=O)Nc3ccccc3F)N2)C1. The molecule has 4 N–H and O–H groups in total. The number of amides is 3. The Morgan fingerprint density at radius 1 is 1.24 bits per heavy atom. The fourth-order valence-electron chi connectivity index (χ4n) is 4.50. The van der Waals surface area contributed by atoms with Crippen LogP contribution in [0.4, 0.5) is 10.1 Å². The van der Waals surface area contributed by atoms with E-state index in [1.807, 2.05) is 0 Å². The number of rotatable bonds is 3. The Morgan fingerprint density at radius 2 is 2.03 bits per heavy atom. The normalized spacial score (nSPS) is 32.7. The molecule has 5 unspecified atom stereocenters. The first-order valence-electron chi connectivity index (χ1n) is 10.1. The van der Waals surface area contributed by atoms with E-state index in [1.54, 1.807) is 6.07 Å². The third-order valence-corrected chi connectivity index (χ3v) is 5.96. The number of carbonyl (C=O) groups excluding carboxylic acids is 3. The van der Waals surface area contributed by atoms with Crippen molar-refractivity contribution in [2.24, 2.45) is 17.8 Å². The Kier molecular flexibility index (Phi) is 5.51. The Morgan fingerprint density at radius 3 is 2.79 bits per heavy atom. The van der Waals surface area contributed by atoms with Crippen LogP contribution in [0, 0.1) is 23.6 Å². The van der Waals surface area contributed by atoms with Crippen molar-refractivity contribution in [3.63, 3.8) is 0 Å². The van der Waals surface area contributed by atoms with Gasteiger partial charge in [0.25, 0.3) is 0 Å². The van der Waals surface area contributed by atoms with Gasteiger partial charge in [-0.2, -0.15) is 0 Å². The number of nitrogens with one attached hydrogen (secondary N) is 4. The molecule has 0 radical (unpaired) electrons. The molecule has 8 nitrogen and oxygen atoms in total. The van der Waals surface area contributed by atoms with Crippen LogP contribution in [-0.2, 0) is 14.4 Å². The summed E-state index contributed by atoms with van der Waals surface area (Å²) >= 11 is 0. The van der Waals surface area contributed by atoms with Gasteiger partial charge >= 0.3 is 0 Å². The second-order valence-corrected chi connectivity index (χ2v) is 8.17. The van der Waals surface area contributed by atoms with Gasteiger partial charge in [0.1, 0.15) is 12.1 Å². The van der Waals surface area contributed by atoms with Gasteiger partial charge in [0.2, 0.25) is 17.7 Å². The lowest BCUT2D eigenvalue weighted by Crippen LogP contribution is -2.74. The van der Waals surface area contributed by atoms with Crippen LogP contribution in [0.2, 0.25) is 0 Å². The highest BCUT2D eigenvalue weighted by molar-refractivity contribution is 6.00. The Labute approximate surface area is 168 Å². The molecule has 3 aliphatic rings. The van der Waals surface area contributed by atoms with Crippen molar-refractivity contribution in [3.8, 4) is 0 Å². The van der Waals surface area contributed by atoms with Gasteiger partial charge in [-0.15, -0.1) is 0 Å². The van der Waals surface area contributed by atoms with Crippen molar-refractivity contribution in [1.29, 1.82) is 0 Å². The van der Waals surface area contributed by atoms with E-state index in [9.17, 15) is 18.8 Å². The molecule has 29 heavy (non-hydrogen) atoms. The summed E-state index contributed by atoms with van der Waals surface area (Å²) in [5.74, 6) is -2.83. The molecule has 4 rings (SSSR count). The largest absolute Gasteiger partial charge is 0.340 e. The molecule has 3 heterocycles. The van der Waals surface area contributed by atoms with E-state index < -0.39 is 29.7 Å². The van der Waals surface area contributed by atoms with E-state index >= 15 is 0 Å². The third-order valence-electron chi connectivity index (χ3n) is 5.96. The number of piperidine rings is 2. The van der Waals surface area contributed by atoms with Gasteiger partial charge in [0, 0.05) is 19.5 Å². The van der Waals surface area contributed by atoms with Crippen molar-refractivity contribution in [2.75, 3.05) is 18.4 Å². The molecule has 0 spiro atoms. The number of hydrogen-bond donors (Lipinski definition) is 4. The van der Waals surface area contributed by atoms with E-state index in [-0.39, 0.29) is 30.2 Å². The molecular formula is C20H26FN5O3. The Balaban J connectivity index is 1.50. The highest BCUT2D eigenvalue weighted by Gasteiger charge is 2.49. The smallest absolute Gasteiger partial charge is 0.229 e. The number of nitrogens with zero attached hydrogens (tertiary/aromatic N) is 1. The summed E-state index contributed by atoms with van der Waals surface area (Å²) in [7, 11) is 0. The van der Waals surface area contributed by atoms with Gasteiger partial charge in [-0.05, 0) is 30.9 Å². The first-order chi connectivity index (χ1) is 13.9. The summed E-state index contributed by atoms with van der Waals surface area (Å²) in [6.45, 7) is 3.87. The van der Waals surface area contributed by atoms with Crippen LogP contribution in [0.25, 0.3) is 0 Å². The molecule has 1 aromatic carbocycles. The number of para-hydroxylation sites is 1. The van der Waals surface area contributed by atoms with E-state index in [0.717, 1.165) is 25.9 Å².